The first-order valence-corrected chi connectivity index (χ1v) is 5.79. The van der Waals surface area contributed by atoms with E-state index in [2.05, 4.69) is 16.9 Å². The summed E-state index contributed by atoms with van der Waals surface area (Å²) in [5.41, 5.74) is 1.16. The third kappa shape index (κ3) is 2.19. The highest BCUT2D eigenvalue weighted by Gasteiger charge is 2.38. The molecule has 3 heteroatoms. The van der Waals surface area contributed by atoms with E-state index < -0.39 is 0 Å². The van der Waals surface area contributed by atoms with Gasteiger partial charge in [0.05, 0.1) is 20.3 Å². The van der Waals surface area contributed by atoms with Crippen LogP contribution in [0.2, 0.25) is 0 Å². The Morgan fingerprint density at radius 2 is 2.44 bits per heavy atom. The maximum atomic E-state index is 11.3. The second-order valence-electron chi connectivity index (χ2n) is 4.53. The van der Waals surface area contributed by atoms with Crippen molar-refractivity contribution < 1.29 is 14.3 Å². The molecule has 0 aromatic heterocycles. The van der Waals surface area contributed by atoms with Crippen molar-refractivity contribution in [2.24, 2.45) is 5.41 Å². The average molecular weight is 222 g/mol. The average Bonchev–Trinajstić information content (AvgIpc) is 2.52. The molecule has 1 unspecified atom stereocenters. The Morgan fingerprint density at radius 1 is 1.56 bits per heavy atom. The lowest BCUT2D eigenvalue weighted by Gasteiger charge is -2.26. The minimum absolute atomic E-state index is 0.0567. The zero-order valence-corrected chi connectivity index (χ0v) is 9.70. The first-order chi connectivity index (χ1) is 7.77. The molecule has 2 aliphatic rings. The Hall–Kier alpha value is -1.09. The zero-order chi connectivity index (χ0) is 11.4. The second-order valence-corrected chi connectivity index (χ2v) is 4.53. The molecule has 0 saturated carbocycles. The van der Waals surface area contributed by atoms with E-state index in [4.69, 9.17) is 4.74 Å². The summed E-state index contributed by atoms with van der Waals surface area (Å²) >= 11 is 0. The van der Waals surface area contributed by atoms with E-state index in [1.807, 2.05) is 0 Å². The summed E-state index contributed by atoms with van der Waals surface area (Å²) < 4.78 is 10.2. The molecule has 0 amide bonds. The maximum Gasteiger partial charge on any atom is 0.330 e. The second kappa shape index (κ2) is 4.83. The fourth-order valence-electron chi connectivity index (χ4n) is 2.51. The predicted octanol–water partition coefficient (Wildman–Crippen LogP) is 2.23. The molecular weight excluding hydrogens is 204 g/mol. The standard InChI is InChI=1S/C13H18O3/c1-15-12(14)8-11-9-16-10-13(11)6-4-2-3-5-7-13/h2,4,8H,3,5-7,9-10H2,1H3/b11-8+. The molecule has 0 aromatic rings. The van der Waals surface area contributed by atoms with E-state index in [-0.39, 0.29) is 11.4 Å². The highest BCUT2D eigenvalue weighted by Crippen LogP contribution is 2.43. The van der Waals surface area contributed by atoms with Gasteiger partial charge in [0.2, 0.25) is 0 Å². The minimum atomic E-state index is -0.270. The van der Waals surface area contributed by atoms with Gasteiger partial charge in [0, 0.05) is 11.5 Å². The third-order valence-electron chi connectivity index (χ3n) is 3.51. The lowest BCUT2D eigenvalue weighted by molar-refractivity contribution is -0.134. The van der Waals surface area contributed by atoms with Gasteiger partial charge in [0.25, 0.3) is 0 Å². The van der Waals surface area contributed by atoms with Gasteiger partial charge in [-0.05, 0) is 31.3 Å². The van der Waals surface area contributed by atoms with E-state index in [0.717, 1.165) is 31.4 Å². The van der Waals surface area contributed by atoms with Crippen molar-refractivity contribution in [1.82, 2.24) is 0 Å². The third-order valence-corrected chi connectivity index (χ3v) is 3.51. The van der Waals surface area contributed by atoms with Crippen LogP contribution >= 0.6 is 0 Å². The van der Waals surface area contributed by atoms with Crippen LogP contribution < -0.4 is 0 Å². The predicted molar refractivity (Wildman–Crippen MR) is 61.0 cm³/mol. The number of rotatable bonds is 1. The van der Waals surface area contributed by atoms with Gasteiger partial charge in [-0.3, -0.25) is 0 Å². The minimum Gasteiger partial charge on any atom is -0.466 e. The SMILES string of the molecule is COC(=O)/C=C1\COCC12CC=CCCC2. The van der Waals surface area contributed by atoms with Crippen LogP contribution in [0.4, 0.5) is 0 Å². The largest absolute Gasteiger partial charge is 0.466 e. The summed E-state index contributed by atoms with van der Waals surface area (Å²) in [6.45, 7) is 1.31. The molecule has 0 N–H and O–H groups in total. The number of hydrogen-bond donors (Lipinski definition) is 0. The van der Waals surface area contributed by atoms with E-state index in [9.17, 15) is 4.79 Å². The van der Waals surface area contributed by atoms with E-state index >= 15 is 0 Å². The van der Waals surface area contributed by atoms with Gasteiger partial charge < -0.3 is 9.47 Å². The summed E-state index contributed by atoms with van der Waals surface area (Å²) in [6, 6.07) is 0. The summed E-state index contributed by atoms with van der Waals surface area (Å²) in [4.78, 5) is 11.3. The molecule has 1 aliphatic heterocycles. The van der Waals surface area contributed by atoms with Gasteiger partial charge in [0.1, 0.15) is 0 Å². The molecule has 88 valence electrons. The van der Waals surface area contributed by atoms with Crippen molar-refractivity contribution >= 4 is 5.97 Å². The van der Waals surface area contributed by atoms with Crippen LogP contribution in [0.3, 0.4) is 0 Å². The van der Waals surface area contributed by atoms with Crippen molar-refractivity contribution in [3.05, 3.63) is 23.8 Å². The van der Waals surface area contributed by atoms with Gasteiger partial charge in [-0.2, -0.15) is 0 Å². The molecule has 0 bridgehead atoms. The fraction of sp³-hybridized carbons (Fsp3) is 0.615. The van der Waals surface area contributed by atoms with Gasteiger partial charge >= 0.3 is 5.97 Å². The molecule has 0 radical (unpaired) electrons. The molecule has 1 atom stereocenters. The van der Waals surface area contributed by atoms with Crippen molar-refractivity contribution in [1.29, 1.82) is 0 Å². The lowest BCUT2D eigenvalue weighted by Crippen LogP contribution is -2.22. The summed E-state index contributed by atoms with van der Waals surface area (Å²) in [7, 11) is 1.41. The first-order valence-electron chi connectivity index (χ1n) is 5.79. The van der Waals surface area contributed by atoms with Crippen LogP contribution in [0.25, 0.3) is 0 Å². The zero-order valence-electron chi connectivity index (χ0n) is 9.70. The molecular formula is C13H18O3. The van der Waals surface area contributed by atoms with E-state index in [1.165, 1.54) is 13.5 Å². The van der Waals surface area contributed by atoms with E-state index in [0.29, 0.717) is 6.61 Å². The molecule has 0 aromatic carbocycles. The summed E-state index contributed by atoms with van der Waals surface area (Å²) in [5, 5.41) is 0. The smallest absolute Gasteiger partial charge is 0.330 e. The molecule has 3 nitrogen and oxygen atoms in total. The first kappa shape index (κ1) is 11.4. The summed E-state index contributed by atoms with van der Waals surface area (Å²) in [6.07, 6.45) is 10.4. The molecule has 1 fully saturated rings. The monoisotopic (exact) mass is 222 g/mol. The van der Waals surface area contributed by atoms with Crippen LogP contribution in [0.1, 0.15) is 25.7 Å². The summed E-state index contributed by atoms with van der Waals surface area (Å²) in [5.74, 6) is -0.270. The van der Waals surface area contributed by atoms with Gasteiger partial charge in [-0.1, -0.05) is 12.2 Å². The maximum absolute atomic E-state index is 11.3. The van der Waals surface area contributed by atoms with E-state index in [1.54, 1.807) is 6.08 Å². The van der Waals surface area contributed by atoms with Crippen LogP contribution in [-0.2, 0) is 14.3 Å². The van der Waals surface area contributed by atoms with Crippen molar-refractivity contribution in [2.45, 2.75) is 25.7 Å². The Morgan fingerprint density at radius 3 is 3.25 bits per heavy atom. The number of hydrogen-bond acceptors (Lipinski definition) is 3. The van der Waals surface area contributed by atoms with Crippen LogP contribution in [0.15, 0.2) is 23.8 Å². The molecule has 1 aliphatic carbocycles. The Bertz CT molecular complexity index is 330. The number of carbonyl (C=O) groups is 1. The number of methoxy groups -OCH3 is 1. The molecule has 16 heavy (non-hydrogen) atoms. The van der Waals surface area contributed by atoms with Crippen LogP contribution in [0.5, 0.6) is 0 Å². The molecule has 1 spiro atoms. The van der Waals surface area contributed by atoms with Gasteiger partial charge in [0.15, 0.2) is 0 Å². The Balaban J connectivity index is 2.21. The van der Waals surface area contributed by atoms with Crippen molar-refractivity contribution in [2.75, 3.05) is 20.3 Å². The highest BCUT2D eigenvalue weighted by atomic mass is 16.5. The number of allylic oxidation sites excluding steroid dienone is 2. The van der Waals surface area contributed by atoms with Crippen molar-refractivity contribution in [3.63, 3.8) is 0 Å². The fourth-order valence-corrected chi connectivity index (χ4v) is 2.51. The number of carbonyl (C=O) groups excluding carboxylic acids is 1. The number of ether oxygens (including phenoxy) is 2. The van der Waals surface area contributed by atoms with Gasteiger partial charge in [-0.15, -0.1) is 0 Å². The normalized spacial score (nSPS) is 31.9. The molecule has 1 saturated heterocycles. The Kier molecular flexibility index (Phi) is 3.44. The lowest BCUT2D eigenvalue weighted by atomic mass is 9.76. The van der Waals surface area contributed by atoms with Crippen molar-refractivity contribution in [3.8, 4) is 0 Å². The van der Waals surface area contributed by atoms with Crippen LogP contribution in [0, 0.1) is 5.41 Å². The Labute approximate surface area is 96.1 Å². The molecule has 2 rings (SSSR count). The number of esters is 1. The molecule has 1 heterocycles. The quantitative estimate of drug-likeness (QED) is 0.388. The topological polar surface area (TPSA) is 35.5 Å². The highest BCUT2D eigenvalue weighted by molar-refractivity contribution is 5.83. The van der Waals surface area contributed by atoms with Crippen LogP contribution in [-0.4, -0.2) is 26.3 Å². The van der Waals surface area contributed by atoms with Gasteiger partial charge in [-0.25, -0.2) is 4.79 Å².